The van der Waals surface area contributed by atoms with Gasteiger partial charge in [-0.25, -0.2) is 4.39 Å². The number of anilines is 1. The Kier molecular flexibility index (Phi) is 4.85. The average Bonchev–Trinajstić information content (AvgIpc) is 2.56. The van der Waals surface area contributed by atoms with Gasteiger partial charge in [0.15, 0.2) is 0 Å². The molecule has 0 bridgehead atoms. The van der Waals surface area contributed by atoms with E-state index in [1.54, 1.807) is 12.1 Å². The summed E-state index contributed by atoms with van der Waals surface area (Å²) in [7, 11) is 0. The fraction of sp³-hybridized carbons (Fsp3) is 0.222. The molecule has 0 aliphatic carbocycles. The first kappa shape index (κ1) is 16.5. The first-order chi connectivity index (χ1) is 11.5. The van der Waals surface area contributed by atoms with Crippen LogP contribution in [-0.2, 0) is 22.6 Å². The fourth-order valence-corrected chi connectivity index (χ4v) is 3.35. The predicted molar refractivity (Wildman–Crippen MR) is 92.3 cm³/mol. The van der Waals surface area contributed by atoms with Gasteiger partial charge in [0.2, 0.25) is 11.8 Å². The van der Waals surface area contributed by atoms with Crippen molar-refractivity contribution in [2.75, 3.05) is 5.32 Å². The summed E-state index contributed by atoms with van der Waals surface area (Å²) < 4.78 is 12.9. The summed E-state index contributed by atoms with van der Waals surface area (Å²) in [6, 6.07) is 11.7. The SMILES string of the molecule is CC1Sc2ccc(CNC(=O)Cc3ccc(F)cc3)cc2NC1=O. The lowest BCUT2D eigenvalue weighted by atomic mass is 10.1. The highest BCUT2D eigenvalue weighted by Gasteiger charge is 2.22. The highest BCUT2D eigenvalue weighted by molar-refractivity contribution is 8.00. The third-order valence-electron chi connectivity index (χ3n) is 3.74. The van der Waals surface area contributed by atoms with Crippen molar-refractivity contribution in [1.82, 2.24) is 5.32 Å². The molecule has 2 N–H and O–H groups in total. The number of amides is 2. The van der Waals surface area contributed by atoms with Crippen LogP contribution in [0.2, 0.25) is 0 Å². The molecule has 1 unspecified atom stereocenters. The number of halogens is 1. The van der Waals surface area contributed by atoms with E-state index in [4.69, 9.17) is 0 Å². The molecule has 3 rings (SSSR count). The van der Waals surface area contributed by atoms with Crippen LogP contribution in [0, 0.1) is 5.82 Å². The van der Waals surface area contributed by atoms with Crippen LogP contribution in [0.5, 0.6) is 0 Å². The van der Waals surface area contributed by atoms with Crippen molar-refractivity contribution in [2.45, 2.75) is 30.0 Å². The molecule has 1 atom stereocenters. The predicted octanol–water partition coefficient (Wildman–Crippen LogP) is 3.12. The zero-order valence-electron chi connectivity index (χ0n) is 13.1. The van der Waals surface area contributed by atoms with Gasteiger partial charge in [-0.2, -0.15) is 0 Å². The second kappa shape index (κ2) is 7.05. The van der Waals surface area contributed by atoms with Crippen molar-refractivity contribution in [3.8, 4) is 0 Å². The van der Waals surface area contributed by atoms with Crippen LogP contribution in [0.3, 0.4) is 0 Å². The Labute approximate surface area is 143 Å². The van der Waals surface area contributed by atoms with E-state index in [2.05, 4.69) is 10.6 Å². The number of rotatable bonds is 4. The lowest BCUT2D eigenvalue weighted by Crippen LogP contribution is -2.27. The van der Waals surface area contributed by atoms with Gasteiger partial charge in [0.25, 0.3) is 0 Å². The van der Waals surface area contributed by atoms with E-state index in [0.717, 1.165) is 21.7 Å². The summed E-state index contributed by atoms with van der Waals surface area (Å²) in [6.07, 6.45) is 0.204. The number of benzene rings is 2. The van der Waals surface area contributed by atoms with E-state index < -0.39 is 0 Å². The number of fused-ring (bicyclic) bond motifs is 1. The molecule has 2 amide bonds. The van der Waals surface area contributed by atoms with Crippen molar-refractivity contribution >= 4 is 29.3 Å². The Bertz CT molecular complexity index is 777. The minimum absolute atomic E-state index is 0.00926. The second-order valence-corrected chi connectivity index (χ2v) is 7.04. The number of carbonyl (C=O) groups excluding carboxylic acids is 2. The van der Waals surface area contributed by atoms with Gasteiger partial charge >= 0.3 is 0 Å². The smallest absolute Gasteiger partial charge is 0.237 e. The number of thioether (sulfide) groups is 1. The summed E-state index contributed by atoms with van der Waals surface area (Å²) >= 11 is 1.53. The Hall–Kier alpha value is -2.34. The van der Waals surface area contributed by atoms with Crippen LogP contribution in [0.1, 0.15) is 18.1 Å². The lowest BCUT2D eigenvalue weighted by molar-refractivity contribution is -0.120. The Morgan fingerprint density at radius 2 is 1.92 bits per heavy atom. The van der Waals surface area contributed by atoms with Crippen molar-refractivity contribution in [1.29, 1.82) is 0 Å². The van der Waals surface area contributed by atoms with Crippen LogP contribution in [0.25, 0.3) is 0 Å². The molecule has 1 aliphatic heterocycles. The minimum atomic E-state index is -0.317. The largest absolute Gasteiger partial charge is 0.352 e. The number of nitrogens with one attached hydrogen (secondary N) is 2. The van der Waals surface area contributed by atoms with Crippen LogP contribution in [0.4, 0.5) is 10.1 Å². The highest BCUT2D eigenvalue weighted by Crippen LogP contribution is 2.35. The van der Waals surface area contributed by atoms with Crippen molar-refractivity contribution in [3.05, 3.63) is 59.4 Å². The molecule has 124 valence electrons. The molecule has 1 heterocycles. The monoisotopic (exact) mass is 344 g/mol. The maximum absolute atomic E-state index is 12.9. The third kappa shape index (κ3) is 3.94. The summed E-state index contributed by atoms with van der Waals surface area (Å²) in [5, 5.41) is 5.61. The molecular weight excluding hydrogens is 327 g/mol. The second-order valence-electron chi connectivity index (χ2n) is 5.66. The van der Waals surface area contributed by atoms with Gasteiger partial charge in [-0.15, -0.1) is 11.8 Å². The van der Waals surface area contributed by atoms with Gasteiger partial charge in [-0.05, 0) is 42.3 Å². The van der Waals surface area contributed by atoms with Gasteiger partial charge in [0.1, 0.15) is 5.82 Å². The van der Waals surface area contributed by atoms with E-state index in [1.807, 2.05) is 25.1 Å². The van der Waals surface area contributed by atoms with Gasteiger partial charge in [-0.3, -0.25) is 9.59 Å². The van der Waals surface area contributed by atoms with Gasteiger partial charge in [0, 0.05) is 11.4 Å². The molecule has 0 aromatic heterocycles. The topological polar surface area (TPSA) is 58.2 Å². The molecule has 24 heavy (non-hydrogen) atoms. The molecule has 0 fully saturated rings. The number of hydrogen-bond donors (Lipinski definition) is 2. The van der Waals surface area contributed by atoms with E-state index in [0.29, 0.717) is 6.54 Å². The van der Waals surface area contributed by atoms with Gasteiger partial charge in [0.05, 0.1) is 17.4 Å². The molecule has 4 nitrogen and oxygen atoms in total. The molecule has 0 saturated heterocycles. The van der Waals surface area contributed by atoms with Crippen LogP contribution in [-0.4, -0.2) is 17.1 Å². The lowest BCUT2D eigenvalue weighted by Gasteiger charge is -2.22. The summed E-state index contributed by atoms with van der Waals surface area (Å²) in [5.74, 6) is -0.459. The molecule has 1 aliphatic rings. The first-order valence-electron chi connectivity index (χ1n) is 7.63. The van der Waals surface area contributed by atoms with Crippen LogP contribution < -0.4 is 10.6 Å². The summed E-state index contributed by atoms with van der Waals surface area (Å²) in [4.78, 5) is 24.7. The first-order valence-corrected chi connectivity index (χ1v) is 8.51. The van der Waals surface area contributed by atoms with E-state index in [-0.39, 0.29) is 29.3 Å². The normalized spacial score (nSPS) is 16.2. The molecule has 0 radical (unpaired) electrons. The van der Waals surface area contributed by atoms with E-state index in [9.17, 15) is 14.0 Å². The highest BCUT2D eigenvalue weighted by atomic mass is 32.2. The third-order valence-corrected chi connectivity index (χ3v) is 4.92. The zero-order valence-corrected chi connectivity index (χ0v) is 14.0. The Morgan fingerprint density at radius 1 is 1.21 bits per heavy atom. The van der Waals surface area contributed by atoms with Crippen LogP contribution in [0.15, 0.2) is 47.4 Å². The van der Waals surface area contributed by atoms with E-state index in [1.165, 1.54) is 23.9 Å². The summed E-state index contributed by atoms with van der Waals surface area (Å²) in [5.41, 5.74) is 2.46. The Morgan fingerprint density at radius 3 is 2.67 bits per heavy atom. The maximum atomic E-state index is 12.9. The van der Waals surface area contributed by atoms with Crippen LogP contribution >= 0.6 is 11.8 Å². The molecule has 0 saturated carbocycles. The molecular formula is C18H17FN2O2S. The number of hydrogen-bond acceptors (Lipinski definition) is 3. The van der Waals surface area contributed by atoms with Crippen molar-refractivity contribution in [2.24, 2.45) is 0 Å². The van der Waals surface area contributed by atoms with E-state index >= 15 is 0 Å². The molecule has 2 aromatic carbocycles. The molecule has 6 heteroatoms. The minimum Gasteiger partial charge on any atom is -0.352 e. The molecule has 2 aromatic rings. The number of carbonyl (C=O) groups is 2. The fourth-order valence-electron chi connectivity index (χ4n) is 2.42. The summed E-state index contributed by atoms with van der Waals surface area (Å²) in [6.45, 7) is 2.25. The zero-order chi connectivity index (χ0) is 17.1. The van der Waals surface area contributed by atoms with Crippen molar-refractivity contribution in [3.63, 3.8) is 0 Å². The van der Waals surface area contributed by atoms with Crippen molar-refractivity contribution < 1.29 is 14.0 Å². The maximum Gasteiger partial charge on any atom is 0.237 e. The van der Waals surface area contributed by atoms with Gasteiger partial charge in [-0.1, -0.05) is 18.2 Å². The Balaban J connectivity index is 1.58. The molecule has 0 spiro atoms. The quantitative estimate of drug-likeness (QED) is 0.896. The van der Waals surface area contributed by atoms with Gasteiger partial charge < -0.3 is 10.6 Å². The standard InChI is InChI=1S/C18H17FN2O2S/c1-11-18(23)21-15-8-13(4-7-16(15)24-11)10-20-17(22)9-12-2-5-14(19)6-3-12/h2-8,11H,9-10H2,1H3,(H,20,22)(H,21,23). The average molecular weight is 344 g/mol.